The van der Waals surface area contributed by atoms with E-state index in [1.807, 2.05) is 41.1 Å². The van der Waals surface area contributed by atoms with Crippen molar-refractivity contribution in [3.8, 4) is 0 Å². The fourth-order valence-electron chi connectivity index (χ4n) is 5.39. The summed E-state index contributed by atoms with van der Waals surface area (Å²) >= 11 is 0.984. The molecule has 0 aliphatic carbocycles. The van der Waals surface area contributed by atoms with Gasteiger partial charge in [-0.2, -0.15) is 0 Å². The van der Waals surface area contributed by atoms with Crippen molar-refractivity contribution in [3.05, 3.63) is 76.0 Å². The Bertz CT molecular complexity index is 1510. The van der Waals surface area contributed by atoms with Crippen LogP contribution >= 0.6 is 11.5 Å². The van der Waals surface area contributed by atoms with E-state index in [-0.39, 0.29) is 35.0 Å². The Balaban J connectivity index is 1.08. The van der Waals surface area contributed by atoms with E-state index in [4.69, 9.17) is 0 Å². The number of hydrogen-bond donors (Lipinski definition) is 3. The summed E-state index contributed by atoms with van der Waals surface area (Å²) in [7, 11) is 0. The van der Waals surface area contributed by atoms with Gasteiger partial charge in [-0.3, -0.25) is 14.9 Å². The van der Waals surface area contributed by atoms with Crippen LogP contribution in [0.3, 0.4) is 0 Å². The smallest absolute Gasteiger partial charge is 0.322 e. The van der Waals surface area contributed by atoms with E-state index in [0.29, 0.717) is 37.6 Å². The van der Waals surface area contributed by atoms with Crippen molar-refractivity contribution in [1.29, 1.82) is 0 Å². The molecule has 2 aliphatic heterocycles. The van der Waals surface area contributed by atoms with Crippen molar-refractivity contribution in [1.82, 2.24) is 29.4 Å². The standard InChI is InChI=1S/C25H25N7O3S/c33-21-7-3-6-20-17-10-15(13-32(20)21)12-31(14-17)25(35)28-24-22(29-30-36-24)23(34)26-9-8-16-11-27-19-5-2-1-4-18(16)19/h1-7,11,15,17,27H,8-10,12-14H2,(H,26,34)(H,28,35). The van der Waals surface area contributed by atoms with Gasteiger partial charge in [0.05, 0.1) is 0 Å². The first-order valence-corrected chi connectivity index (χ1v) is 12.8. The van der Waals surface area contributed by atoms with Gasteiger partial charge in [0.1, 0.15) is 0 Å². The Morgan fingerprint density at radius 2 is 2.00 bits per heavy atom. The Labute approximate surface area is 210 Å². The number of nitrogens with zero attached hydrogens (tertiary/aromatic N) is 4. The van der Waals surface area contributed by atoms with Crippen molar-refractivity contribution < 1.29 is 9.59 Å². The van der Waals surface area contributed by atoms with Gasteiger partial charge in [0.25, 0.3) is 11.5 Å². The summed E-state index contributed by atoms with van der Waals surface area (Å²) in [6, 6.07) is 13.1. The number of anilines is 1. The van der Waals surface area contributed by atoms with Crippen LogP contribution in [0.15, 0.2) is 53.5 Å². The molecule has 2 unspecified atom stereocenters. The summed E-state index contributed by atoms with van der Waals surface area (Å²) in [5.41, 5.74) is 3.28. The minimum Gasteiger partial charge on any atom is -0.361 e. The van der Waals surface area contributed by atoms with Gasteiger partial charge in [-0.25, -0.2) is 4.79 Å². The topological polar surface area (TPSA) is 125 Å². The summed E-state index contributed by atoms with van der Waals surface area (Å²) in [6.07, 6.45) is 3.57. The lowest BCUT2D eigenvalue weighted by Crippen LogP contribution is -2.50. The number of H-pyrrole nitrogens is 1. The summed E-state index contributed by atoms with van der Waals surface area (Å²) < 4.78 is 5.72. The number of hydrogen-bond acceptors (Lipinski definition) is 6. The van der Waals surface area contributed by atoms with E-state index >= 15 is 0 Å². The summed E-state index contributed by atoms with van der Waals surface area (Å²) in [5, 5.41) is 11.1. The van der Waals surface area contributed by atoms with Crippen molar-refractivity contribution >= 4 is 39.4 Å². The fraction of sp³-hybridized carbons (Fsp3) is 0.320. The highest BCUT2D eigenvalue weighted by molar-refractivity contribution is 7.10. The first-order valence-electron chi connectivity index (χ1n) is 12.0. The molecule has 184 valence electrons. The Kier molecular flexibility index (Phi) is 5.76. The molecule has 11 heteroatoms. The molecule has 0 radical (unpaired) electrons. The van der Waals surface area contributed by atoms with Gasteiger partial charge in [-0.05, 0) is 36.5 Å². The van der Waals surface area contributed by atoms with E-state index in [9.17, 15) is 14.4 Å². The predicted octanol–water partition coefficient (Wildman–Crippen LogP) is 2.80. The number of nitrogens with one attached hydrogen (secondary N) is 3. The number of carbonyl (C=O) groups excluding carboxylic acids is 2. The lowest BCUT2D eigenvalue weighted by molar-refractivity contribution is 0.0950. The number of aromatic amines is 1. The number of aromatic nitrogens is 4. The van der Waals surface area contributed by atoms with Crippen LogP contribution in [-0.2, 0) is 13.0 Å². The first-order chi connectivity index (χ1) is 17.6. The fourth-order valence-corrected chi connectivity index (χ4v) is 5.95. The maximum Gasteiger partial charge on any atom is 0.322 e. The number of carbonyl (C=O) groups is 2. The van der Waals surface area contributed by atoms with Crippen molar-refractivity contribution in [3.63, 3.8) is 0 Å². The molecule has 2 aliphatic rings. The van der Waals surface area contributed by atoms with Crippen molar-refractivity contribution in [2.24, 2.45) is 5.92 Å². The molecule has 0 saturated carbocycles. The quantitative estimate of drug-likeness (QED) is 0.386. The third kappa shape index (κ3) is 4.15. The largest absolute Gasteiger partial charge is 0.361 e. The van der Waals surface area contributed by atoms with Gasteiger partial charge in [-0.1, -0.05) is 28.8 Å². The molecule has 10 nitrogen and oxygen atoms in total. The van der Waals surface area contributed by atoms with Crippen LogP contribution in [-0.4, -0.2) is 55.6 Å². The SMILES string of the molecule is O=C(NCCc1c[nH]c2ccccc12)c1nnsc1NC(=O)N1CC2CC(C1)c1cccc(=O)n1C2. The van der Waals surface area contributed by atoms with Crippen LogP contribution in [0.25, 0.3) is 10.9 Å². The number of pyridine rings is 1. The minimum atomic E-state index is -0.372. The highest BCUT2D eigenvalue weighted by Gasteiger charge is 2.36. The number of likely N-dealkylation sites (tertiary alicyclic amines) is 1. The lowest BCUT2D eigenvalue weighted by atomic mass is 9.83. The van der Waals surface area contributed by atoms with E-state index < -0.39 is 0 Å². The first kappa shape index (κ1) is 22.5. The van der Waals surface area contributed by atoms with Gasteiger partial charge in [0.15, 0.2) is 10.7 Å². The summed E-state index contributed by atoms with van der Waals surface area (Å²) in [5.74, 6) is -0.0410. The second-order valence-electron chi connectivity index (χ2n) is 9.35. The average Bonchev–Trinajstić information content (AvgIpc) is 3.52. The van der Waals surface area contributed by atoms with Gasteiger partial charge < -0.3 is 19.8 Å². The molecule has 6 rings (SSSR count). The number of fused-ring (bicyclic) bond motifs is 5. The van der Waals surface area contributed by atoms with E-state index in [2.05, 4.69) is 25.2 Å². The highest BCUT2D eigenvalue weighted by atomic mass is 32.1. The highest BCUT2D eigenvalue weighted by Crippen LogP contribution is 2.35. The second-order valence-corrected chi connectivity index (χ2v) is 10.1. The molecule has 3 amide bonds. The van der Waals surface area contributed by atoms with Gasteiger partial charge in [-0.15, -0.1) is 5.10 Å². The maximum absolute atomic E-state index is 13.1. The zero-order valence-electron chi connectivity index (χ0n) is 19.4. The molecule has 5 heterocycles. The number of benzene rings is 1. The predicted molar refractivity (Wildman–Crippen MR) is 136 cm³/mol. The van der Waals surface area contributed by atoms with E-state index in [0.717, 1.165) is 40.1 Å². The number of piperidine rings is 1. The van der Waals surface area contributed by atoms with Gasteiger partial charge in [0.2, 0.25) is 0 Å². The molecule has 36 heavy (non-hydrogen) atoms. The summed E-state index contributed by atoms with van der Waals surface area (Å²) in [6.45, 7) is 2.12. The monoisotopic (exact) mass is 503 g/mol. The molecule has 1 fully saturated rings. The zero-order chi connectivity index (χ0) is 24.6. The van der Waals surface area contributed by atoms with Crippen molar-refractivity contribution in [2.75, 3.05) is 25.0 Å². The maximum atomic E-state index is 13.1. The Morgan fingerprint density at radius 1 is 1.11 bits per heavy atom. The molecule has 1 saturated heterocycles. The minimum absolute atomic E-state index is 0.0104. The van der Waals surface area contributed by atoms with Crippen LogP contribution < -0.4 is 16.2 Å². The molecule has 4 aromatic rings. The normalized spacial score (nSPS) is 18.6. The third-order valence-corrected chi connectivity index (χ3v) is 7.69. The molecule has 2 bridgehead atoms. The van der Waals surface area contributed by atoms with Gasteiger partial charge >= 0.3 is 6.03 Å². The number of para-hydroxylation sites is 1. The molecule has 2 atom stereocenters. The summed E-state index contributed by atoms with van der Waals surface area (Å²) in [4.78, 5) is 43.1. The Morgan fingerprint density at radius 3 is 2.92 bits per heavy atom. The van der Waals surface area contributed by atoms with Crippen LogP contribution in [0.4, 0.5) is 9.80 Å². The molecule has 1 aromatic carbocycles. The molecule has 3 aromatic heterocycles. The van der Waals surface area contributed by atoms with Crippen molar-refractivity contribution in [2.45, 2.75) is 25.3 Å². The van der Waals surface area contributed by atoms with Crippen LogP contribution in [0.1, 0.15) is 34.1 Å². The number of amides is 3. The molecule has 0 spiro atoms. The molecular formula is C25H25N7O3S. The van der Waals surface area contributed by atoms with Crippen LogP contribution in [0.2, 0.25) is 0 Å². The lowest BCUT2D eigenvalue weighted by Gasteiger charge is -2.42. The van der Waals surface area contributed by atoms with Crippen LogP contribution in [0.5, 0.6) is 0 Å². The number of urea groups is 1. The second kappa shape index (κ2) is 9.23. The average molecular weight is 504 g/mol. The van der Waals surface area contributed by atoms with Gasteiger partial charge in [0, 0.05) is 72.5 Å². The number of rotatable bonds is 5. The zero-order valence-corrected chi connectivity index (χ0v) is 20.3. The molecular weight excluding hydrogens is 478 g/mol. The Hall–Kier alpha value is -3.99. The van der Waals surface area contributed by atoms with Crippen LogP contribution in [0, 0.1) is 5.92 Å². The van der Waals surface area contributed by atoms with E-state index in [1.54, 1.807) is 17.0 Å². The third-order valence-electron chi connectivity index (χ3n) is 7.05. The van der Waals surface area contributed by atoms with E-state index in [1.165, 1.54) is 0 Å². The molecule has 3 N–H and O–H groups in total.